The van der Waals surface area contributed by atoms with Gasteiger partial charge in [-0.3, -0.25) is 0 Å². The number of benzene rings is 1. The molecule has 0 aromatic heterocycles. The average molecular weight is 253 g/mol. The SMILES string of the molecule is COc1c(C2(C(C)N)CC2)cc2c(c1F)OCO2. The third kappa shape index (κ3) is 1.40. The van der Waals surface area contributed by atoms with Crippen LogP contribution < -0.4 is 19.9 Å². The molecule has 0 spiro atoms. The van der Waals surface area contributed by atoms with Gasteiger partial charge in [-0.25, -0.2) is 0 Å². The minimum absolute atomic E-state index is 0.0457. The van der Waals surface area contributed by atoms with Gasteiger partial charge in [-0.2, -0.15) is 4.39 Å². The van der Waals surface area contributed by atoms with Crippen molar-refractivity contribution < 1.29 is 18.6 Å². The molecule has 3 rings (SSSR count). The summed E-state index contributed by atoms with van der Waals surface area (Å²) < 4.78 is 29.9. The Balaban J connectivity index is 2.18. The number of methoxy groups -OCH3 is 1. The van der Waals surface area contributed by atoms with E-state index in [0.717, 1.165) is 18.4 Å². The van der Waals surface area contributed by atoms with Crippen molar-refractivity contribution in [3.8, 4) is 17.2 Å². The Labute approximate surface area is 105 Å². The van der Waals surface area contributed by atoms with E-state index in [-0.39, 0.29) is 29.7 Å². The highest BCUT2D eigenvalue weighted by Crippen LogP contribution is 2.56. The Morgan fingerprint density at radius 3 is 2.72 bits per heavy atom. The molecule has 0 bridgehead atoms. The third-order valence-electron chi connectivity index (χ3n) is 3.96. The Bertz CT molecular complexity index is 497. The molecule has 1 heterocycles. The van der Waals surface area contributed by atoms with Crippen LogP contribution in [-0.4, -0.2) is 19.9 Å². The monoisotopic (exact) mass is 253 g/mol. The zero-order valence-corrected chi connectivity index (χ0v) is 10.5. The number of hydrogen-bond donors (Lipinski definition) is 1. The van der Waals surface area contributed by atoms with Gasteiger partial charge in [0, 0.05) is 17.0 Å². The molecule has 98 valence electrons. The summed E-state index contributed by atoms with van der Waals surface area (Å²) in [7, 11) is 1.46. The van der Waals surface area contributed by atoms with Crippen LogP contribution in [0.15, 0.2) is 6.07 Å². The van der Waals surface area contributed by atoms with Crippen molar-refractivity contribution in [2.24, 2.45) is 5.73 Å². The molecule has 1 aliphatic heterocycles. The first-order valence-electron chi connectivity index (χ1n) is 6.02. The highest BCUT2D eigenvalue weighted by atomic mass is 19.1. The Morgan fingerprint density at radius 2 is 2.17 bits per heavy atom. The number of nitrogens with two attached hydrogens (primary N) is 1. The zero-order valence-electron chi connectivity index (χ0n) is 10.5. The van der Waals surface area contributed by atoms with E-state index in [9.17, 15) is 4.39 Å². The van der Waals surface area contributed by atoms with Crippen LogP contribution in [0.3, 0.4) is 0 Å². The van der Waals surface area contributed by atoms with Gasteiger partial charge in [0.1, 0.15) is 0 Å². The van der Waals surface area contributed by atoms with Crippen molar-refractivity contribution >= 4 is 0 Å². The largest absolute Gasteiger partial charge is 0.493 e. The highest BCUT2D eigenvalue weighted by Gasteiger charge is 2.50. The normalized spacial score (nSPS) is 20.7. The molecule has 2 N–H and O–H groups in total. The van der Waals surface area contributed by atoms with Crippen molar-refractivity contribution in [2.75, 3.05) is 13.9 Å². The second kappa shape index (κ2) is 3.75. The molecular weight excluding hydrogens is 237 g/mol. The first-order chi connectivity index (χ1) is 8.60. The lowest BCUT2D eigenvalue weighted by Crippen LogP contribution is -2.32. The van der Waals surface area contributed by atoms with Crippen molar-refractivity contribution in [1.29, 1.82) is 0 Å². The zero-order chi connectivity index (χ0) is 12.9. The quantitative estimate of drug-likeness (QED) is 0.894. The molecule has 0 radical (unpaired) electrons. The molecule has 0 saturated heterocycles. The van der Waals surface area contributed by atoms with Gasteiger partial charge in [-0.15, -0.1) is 0 Å². The number of halogens is 1. The minimum Gasteiger partial charge on any atom is -0.493 e. The van der Waals surface area contributed by atoms with E-state index in [0.29, 0.717) is 5.75 Å². The summed E-state index contributed by atoms with van der Waals surface area (Å²) in [6.45, 7) is 1.99. The van der Waals surface area contributed by atoms with Crippen LogP contribution in [0.5, 0.6) is 17.2 Å². The lowest BCUT2D eigenvalue weighted by atomic mass is 9.88. The summed E-state index contributed by atoms with van der Waals surface area (Å²) in [6.07, 6.45) is 1.89. The summed E-state index contributed by atoms with van der Waals surface area (Å²) in [4.78, 5) is 0. The maximum Gasteiger partial charge on any atom is 0.231 e. The fourth-order valence-corrected chi connectivity index (χ4v) is 2.66. The number of rotatable bonds is 3. The first kappa shape index (κ1) is 11.6. The third-order valence-corrected chi connectivity index (χ3v) is 3.96. The maximum absolute atomic E-state index is 14.3. The van der Waals surface area contributed by atoms with Crippen LogP contribution >= 0.6 is 0 Å². The van der Waals surface area contributed by atoms with Gasteiger partial charge in [-0.05, 0) is 25.8 Å². The predicted octanol–water partition coefficient (Wildman–Crippen LogP) is 1.94. The van der Waals surface area contributed by atoms with E-state index in [1.165, 1.54) is 7.11 Å². The molecule has 1 atom stereocenters. The maximum atomic E-state index is 14.3. The van der Waals surface area contributed by atoms with Gasteiger partial charge >= 0.3 is 0 Å². The minimum atomic E-state index is -0.491. The van der Waals surface area contributed by atoms with Gasteiger partial charge in [0.15, 0.2) is 11.5 Å². The van der Waals surface area contributed by atoms with Crippen LogP contribution in [-0.2, 0) is 5.41 Å². The highest BCUT2D eigenvalue weighted by molar-refractivity contribution is 5.57. The van der Waals surface area contributed by atoms with Crippen LogP contribution in [0.25, 0.3) is 0 Å². The molecule has 2 aliphatic rings. The van der Waals surface area contributed by atoms with Crippen molar-refractivity contribution in [2.45, 2.75) is 31.2 Å². The van der Waals surface area contributed by atoms with E-state index in [4.69, 9.17) is 19.9 Å². The Morgan fingerprint density at radius 1 is 1.44 bits per heavy atom. The van der Waals surface area contributed by atoms with E-state index in [1.807, 2.05) is 6.92 Å². The summed E-state index contributed by atoms with van der Waals surface area (Å²) in [5.74, 6) is 0.315. The standard InChI is InChI=1S/C13H16FNO3/c1-7(15)13(3-4-13)8-5-9-12(18-6-17-9)10(14)11(8)16-2/h5,7H,3-4,6,15H2,1-2H3. The van der Waals surface area contributed by atoms with Gasteiger partial charge < -0.3 is 19.9 Å². The molecule has 1 saturated carbocycles. The number of ether oxygens (including phenoxy) is 3. The van der Waals surface area contributed by atoms with E-state index >= 15 is 0 Å². The molecule has 1 aromatic carbocycles. The molecule has 1 fully saturated rings. The summed E-state index contributed by atoms with van der Waals surface area (Å²) in [5, 5.41) is 0. The molecule has 5 heteroatoms. The van der Waals surface area contributed by atoms with Crippen LogP contribution in [0.1, 0.15) is 25.3 Å². The van der Waals surface area contributed by atoms with Crippen LogP contribution in [0.2, 0.25) is 0 Å². The van der Waals surface area contributed by atoms with Gasteiger partial charge in [0.25, 0.3) is 0 Å². The Kier molecular flexibility index (Phi) is 2.41. The van der Waals surface area contributed by atoms with Gasteiger partial charge in [-0.1, -0.05) is 0 Å². The molecule has 4 nitrogen and oxygen atoms in total. The fraction of sp³-hybridized carbons (Fsp3) is 0.538. The summed E-state index contributed by atoms with van der Waals surface area (Å²) in [6, 6.07) is 1.76. The summed E-state index contributed by atoms with van der Waals surface area (Å²) in [5.41, 5.74) is 6.64. The summed E-state index contributed by atoms with van der Waals surface area (Å²) >= 11 is 0. The molecular formula is C13H16FNO3. The molecule has 1 unspecified atom stereocenters. The van der Waals surface area contributed by atoms with Gasteiger partial charge in [0.05, 0.1) is 7.11 Å². The second-order valence-electron chi connectivity index (χ2n) is 4.95. The van der Waals surface area contributed by atoms with E-state index in [1.54, 1.807) is 6.07 Å². The second-order valence-corrected chi connectivity index (χ2v) is 4.95. The van der Waals surface area contributed by atoms with Crippen LogP contribution in [0.4, 0.5) is 4.39 Å². The van der Waals surface area contributed by atoms with E-state index < -0.39 is 5.82 Å². The molecule has 1 aliphatic carbocycles. The Hall–Kier alpha value is -1.49. The van der Waals surface area contributed by atoms with Gasteiger partial charge in [0.2, 0.25) is 18.4 Å². The smallest absolute Gasteiger partial charge is 0.231 e. The van der Waals surface area contributed by atoms with Crippen molar-refractivity contribution in [3.63, 3.8) is 0 Å². The predicted molar refractivity (Wildman–Crippen MR) is 63.6 cm³/mol. The molecule has 1 aromatic rings. The van der Waals surface area contributed by atoms with Crippen molar-refractivity contribution in [1.82, 2.24) is 0 Å². The average Bonchev–Trinajstić information content (AvgIpc) is 3.02. The topological polar surface area (TPSA) is 53.7 Å². The molecule has 18 heavy (non-hydrogen) atoms. The lowest BCUT2D eigenvalue weighted by molar-refractivity contribution is 0.170. The lowest BCUT2D eigenvalue weighted by Gasteiger charge is -2.23. The van der Waals surface area contributed by atoms with E-state index in [2.05, 4.69) is 0 Å². The first-order valence-corrected chi connectivity index (χ1v) is 6.02. The van der Waals surface area contributed by atoms with Crippen molar-refractivity contribution in [3.05, 3.63) is 17.4 Å². The number of hydrogen-bond acceptors (Lipinski definition) is 4. The fourth-order valence-electron chi connectivity index (χ4n) is 2.66. The number of fused-ring (bicyclic) bond motifs is 1. The molecule has 0 amide bonds. The van der Waals surface area contributed by atoms with Crippen LogP contribution in [0, 0.1) is 5.82 Å².